The van der Waals surface area contributed by atoms with Gasteiger partial charge in [0.25, 0.3) is 0 Å². The zero-order valence-electron chi connectivity index (χ0n) is 14.9. The zero-order valence-corrected chi connectivity index (χ0v) is 14.9. The van der Waals surface area contributed by atoms with Crippen molar-refractivity contribution in [2.45, 2.75) is 13.5 Å². The molecule has 2 N–H and O–H groups in total. The second-order valence-corrected chi connectivity index (χ2v) is 6.74. The Bertz CT molecular complexity index is 920. The lowest BCUT2D eigenvalue weighted by Gasteiger charge is -2.27. The van der Waals surface area contributed by atoms with Gasteiger partial charge in [0.15, 0.2) is 0 Å². The lowest BCUT2D eigenvalue weighted by molar-refractivity contribution is 0.0339. The topological polar surface area (TPSA) is 57.6 Å². The van der Waals surface area contributed by atoms with Gasteiger partial charge < -0.3 is 15.2 Å². The number of nitrogens with one attached hydrogen (secondary N) is 1. The monoisotopic (exact) mass is 349 g/mol. The summed E-state index contributed by atoms with van der Waals surface area (Å²) in [5.74, 6) is 0.331. The molecule has 4 rings (SSSR count). The fourth-order valence-corrected chi connectivity index (χ4v) is 3.31. The third kappa shape index (κ3) is 3.64. The summed E-state index contributed by atoms with van der Waals surface area (Å²) in [6.07, 6.45) is 1.81. The van der Waals surface area contributed by atoms with E-state index in [-0.39, 0.29) is 0 Å². The lowest BCUT2D eigenvalue weighted by Crippen LogP contribution is -2.35. The van der Waals surface area contributed by atoms with Crippen LogP contribution in [0.1, 0.15) is 11.1 Å². The molecule has 0 unspecified atom stereocenters. The zero-order chi connectivity index (χ0) is 17.9. The van der Waals surface area contributed by atoms with Crippen LogP contribution in [0.15, 0.2) is 48.7 Å². The first-order valence-electron chi connectivity index (χ1n) is 8.93. The van der Waals surface area contributed by atoms with Gasteiger partial charge in [-0.05, 0) is 43.3 Å². The molecule has 5 nitrogen and oxygen atoms in total. The number of aryl methyl sites for hydroxylation is 1. The Morgan fingerprint density at radius 1 is 1.12 bits per heavy atom. The molecule has 0 bridgehead atoms. The van der Waals surface area contributed by atoms with Gasteiger partial charge in [-0.2, -0.15) is 0 Å². The number of benzene rings is 2. The number of nitrogens with zero attached hydrogens (tertiary/aromatic N) is 2. The Kier molecular flexibility index (Phi) is 4.73. The van der Waals surface area contributed by atoms with Gasteiger partial charge in [0.05, 0.1) is 18.7 Å². The van der Waals surface area contributed by atoms with Crippen LogP contribution in [0.25, 0.3) is 10.9 Å². The summed E-state index contributed by atoms with van der Waals surface area (Å²) in [4.78, 5) is 6.73. The molecule has 1 fully saturated rings. The van der Waals surface area contributed by atoms with Crippen molar-refractivity contribution in [3.63, 3.8) is 0 Å². The predicted octanol–water partition coefficient (Wildman–Crippen LogP) is 3.82. The van der Waals surface area contributed by atoms with Gasteiger partial charge in [-0.1, -0.05) is 11.6 Å². The summed E-state index contributed by atoms with van der Waals surface area (Å²) in [5.41, 5.74) is 5.06. The number of anilines is 2. The Hall–Kier alpha value is -2.63. The van der Waals surface area contributed by atoms with Crippen molar-refractivity contribution in [1.82, 2.24) is 9.88 Å². The fraction of sp³-hybridized carbons (Fsp3) is 0.286. The van der Waals surface area contributed by atoms with E-state index in [4.69, 9.17) is 4.74 Å². The van der Waals surface area contributed by atoms with Crippen LogP contribution < -0.4 is 5.32 Å². The molecule has 1 aliphatic heterocycles. The molecule has 3 aromatic rings. The number of rotatable bonds is 4. The molecule has 0 radical (unpaired) electrons. The molecule has 5 heteroatoms. The van der Waals surface area contributed by atoms with E-state index in [9.17, 15) is 5.11 Å². The molecule has 26 heavy (non-hydrogen) atoms. The highest BCUT2D eigenvalue weighted by molar-refractivity contribution is 5.93. The molecular weight excluding hydrogens is 326 g/mol. The first-order valence-corrected chi connectivity index (χ1v) is 8.93. The Morgan fingerprint density at radius 2 is 1.96 bits per heavy atom. The number of fused-ring (bicyclic) bond motifs is 1. The smallest absolute Gasteiger partial charge is 0.120 e. The maximum atomic E-state index is 10.2. The van der Waals surface area contributed by atoms with E-state index in [0.29, 0.717) is 5.75 Å². The van der Waals surface area contributed by atoms with Crippen LogP contribution in [-0.2, 0) is 11.3 Å². The van der Waals surface area contributed by atoms with E-state index in [1.165, 1.54) is 5.56 Å². The van der Waals surface area contributed by atoms with Crippen LogP contribution in [0.2, 0.25) is 0 Å². The summed E-state index contributed by atoms with van der Waals surface area (Å²) in [6, 6.07) is 13.9. The Labute approximate surface area is 153 Å². The lowest BCUT2D eigenvalue weighted by atomic mass is 10.1. The predicted molar refractivity (Wildman–Crippen MR) is 104 cm³/mol. The largest absolute Gasteiger partial charge is 0.508 e. The van der Waals surface area contributed by atoms with Crippen molar-refractivity contribution in [2.24, 2.45) is 0 Å². The van der Waals surface area contributed by atoms with E-state index in [0.717, 1.165) is 60.7 Å². The highest BCUT2D eigenvalue weighted by atomic mass is 16.5. The van der Waals surface area contributed by atoms with Crippen molar-refractivity contribution in [3.05, 3.63) is 59.8 Å². The number of aromatic nitrogens is 1. The molecule has 0 saturated carbocycles. The van der Waals surface area contributed by atoms with Crippen LogP contribution in [0, 0.1) is 6.92 Å². The molecule has 0 amide bonds. The van der Waals surface area contributed by atoms with Gasteiger partial charge in [0.2, 0.25) is 0 Å². The maximum absolute atomic E-state index is 10.2. The van der Waals surface area contributed by atoms with Crippen LogP contribution in [0.5, 0.6) is 5.75 Å². The van der Waals surface area contributed by atoms with Gasteiger partial charge in [0.1, 0.15) is 5.75 Å². The number of aromatic hydroxyl groups is 1. The molecule has 0 atom stereocenters. The van der Waals surface area contributed by atoms with Gasteiger partial charge in [-0.3, -0.25) is 9.88 Å². The SMILES string of the molecule is Cc1ccc2nccc(Nc3ccc(O)c(CN4CCOCC4)c3)c2c1. The molecule has 2 heterocycles. The molecule has 0 aliphatic carbocycles. The summed E-state index contributed by atoms with van der Waals surface area (Å²) >= 11 is 0. The first-order chi connectivity index (χ1) is 12.7. The van der Waals surface area contributed by atoms with E-state index < -0.39 is 0 Å². The van der Waals surface area contributed by atoms with E-state index in [1.807, 2.05) is 30.5 Å². The number of phenolic OH excluding ortho intramolecular Hbond substituents is 1. The van der Waals surface area contributed by atoms with Crippen LogP contribution in [0.4, 0.5) is 11.4 Å². The quantitative estimate of drug-likeness (QED) is 0.701. The first kappa shape index (κ1) is 16.8. The molecular formula is C21H23N3O2. The number of hydrogen-bond donors (Lipinski definition) is 2. The van der Waals surface area contributed by atoms with E-state index in [1.54, 1.807) is 6.07 Å². The van der Waals surface area contributed by atoms with Crippen molar-refractivity contribution >= 4 is 22.3 Å². The van der Waals surface area contributed by atoms with Crippen molar-refractivity contribution in [2.75, 3.05) is 31.6 Å². The van der Waals surface area contributed by atoms with Crippen molar-refractivity contribution < 1.29 is 9.84 Å². The number of morpholine rings is 1. The average molecular weight is 349 g/mol. The minimum Gasteiger partial charge on any atom is -0.508 e. The van der Waals surface area contributed by atoms with E-state index in [2.05, 4.69) is 34.3 Å². The third-order valence-electron chi connectivity index (χ3n) is 4.75. The highest BCUT2D eigenvalue weighted by Gasteiger charge is 2.13. The van der Waals surface area contributed by atoms with Crippen LogP contribution >= 0.6 is 0 Å². The normalized spacial score (nSPS) is 15.3. The number of ether oxygens (including phenoxy) is 1. The summed E-state index contributed by atoms with van der Waals surface area (Å²) in [6.45, 7) is 6.09. The molecule has 1 aromatic heterocycles. The number of phenols is 1. The van der Waals surface area contributed by atoms with Gasteiger partial charge >= 0.3 is 0 Å². The maximum Gasteiger partial charge on any atom is 0.120 e. The average Bonchev–Trinajstić information content (AvgIpc) is 2.66. The minimum absolute atomic E-state index is 0.331. The third-order valence-corrected chi connectivity index (χ3v) is 4.75. The molecule has 2 aromatic carbocycles. The second-order valence-electron chi connectivity index (χ2n) is 6.74. The Balaban J connectivity index is 1.60. The molecule has 1 saturated heterocycles. The van der Waals surface area contributed by atoms with E-state index >= 15 is 0 Å². The standard InChI is InChI=1S/C21H23N3O2/c1-15-2-4-19-18(12-15)20(6-7-22-19)23-17-3-5-21(25)16(13-17)14-24-8-10-26-11-9-24/h2-7,12-13,25H,8-11,14H2,1H3,(H,22,23). The molecule has 0 spiro atoms. The van der Waals surface area contributed by atoms with Gasteiger partial charge in [0, 0.05) is 48.2 Å². The van der Waals surface area contributed by atoms with Crippen molar-refractivity contribution in [1.29, 1.82) is 0 Å². The second kappa shape index (κ2) is 7.32. The Morgan fingerprint density at radius 3 is 2.81 bits per heavy atom. The summed E-state index contributed by atoms with van der Waals surface area (Å²) in [5, 5.41) is 14.8. The van der Waals surface area contributed by atoms with Crippen LogP contribution in [0.3, 0.4) is 0 Å². The highest BCUT2D eigenvalue weighted by Crippen LogP contribution is 2.29. The summed E-state index contributed by atoms with van der Waals surface area (Å²) < 4.78 is 5.40. The van der Waals surface area contributed by atoms with Gasteiger partial charge in [-0.15, -0.1) is 0 Å². The molecule has 1 aliphatic rings. The minimum atomic E-state index is 0.331. The fourth-order valence-electron chi connectivity index (χ4n) is 3.31. The number of pyridine rings is 1. The van der Waals surface area contributed by atoms with Gasteiger partial charge in [-0.25, -0.2) is 0 Å². The molecule has 134 valence electrons. The van der Waals surface area contributed by atoms with Crippen LogP contribution in [-0.4, -0.2) is 41.3 Å². The summed E-state index contributed by atoms with van der Waals surface area (Å²) in [7, 11) is 0. The number of hydrogen-bond acceptors (Lipinski definition) is 5. The van der Waals surface area contributed by atoms with Crippen molar-refractivity contribution in [3.8, 4) is 5.75 Å².